The third kappa shape index (κ3) is 3.40. The van der Waals surface area contributed by atoms with Crippen molar-refractivity contribution in [2.75, 3.05) is 6.54 Å². The summed E-state index contributed by atoms with van der Waals surface area (Å²) in [5.74, 6) is -0.675. The summed E-state index contributed by atoms with van der Waals surface area (Å²) >= 11 is 0. The first-order chi connectivity index (χ1) is 5.91. The molecule has 13 heavy (non-hydrogen) atoms. The van der Waals surface area contributed by atoms with Crippen molar-refractivity contribution in [3.05, 3.63) is 0 Å². The Bertz CT molecular complexity index is 173. The molecule has 0 saturated heterocycles. The van der Waals surface area contributed by atoms with Crippen molar-refractivity contribution in [3.8, 4) is 0 Å². The van der Waals surface area contributed by atoms with Gasteiger partial charge in [-0.25, -0.2) is 0 Å². The van der Waals surface area contributed by atoms with Gasteiger partial charge in [0.2, 0.25) is 0 Å². The van der Waals surface area contributed by atoms with Crippen molar-refractivity contribution in [3.63, 3.8) is 0 Å². The quantitative estimate of drug-likeness (QED) is 0.410. The van der Waals surface area contributed by atoms with Crippen molar-refractivity contribution < 1.29 is 15.0 Å². The molecule has 0 aromatic heterocycles. The molecule has 0 fully saturated rings. The van der Waals surface area contributed by atoms with Crippen LogP contribution in [0.15, 0.2) is 0 Å². The molecular formula is C8H18N2O3. The fourth-order valence-corrected chi connectivity index (χ4v) is 0.899. The highest BCUT2D eigenvalue weighted by Gasteiger charge is 2.29. The lowest BCUT2D eigenvalue weighted by Gasteiger charge is -2.22. The highest BCUT2D eigenvalue weighted by molar-refractivity contribution is 5.85. The highest BCUT2D eigenvalue weighted by Crippen LogP contribution is 2.04. The lowest BCUT2D eigenvalue weighted by atomic mass is 9.96. The number of hydrogen-bond acceptors (Lipinski definition) is 5. The normalized spacial score (nSPS) is 18.4. The predicted octanol–water partition coefficient (Wildman–Crippen LogP) is -1.78. The number of carbonyl (C=O) groups is 1. The number of Topliss-reactive ketones (excluding diaryl/α,β-unsaturated/α-hetero) is 1. The van der Waals surface area contributed by atoms with Crippen LogP contribution in [0, 0.1) is 5.92 Å². The number of hydrogen-bond donors (Lipinski definition) is 4. The molecule has 0 aliphatic heterocycles. The van der Waals surface area contributed by atoms with Crippen molar-refractivity contribution in [2.45, 2.75) is 32.1 Å². The monoisotopic (exact) mass is 190 g/mol. The van der Waals surface area contributed by atoms with Crippen molar-refractivity contribution in [1.29, 1.82) is 0 Å². The van der Waals surface area contributed by atoms with E-state index in [1.165, 1.54) is 0 Å². The molecule has 0 aromatic rings. The van der Waals surface area contributed by atoms with Gasteiger partial charge in [0, 0.05) is 12.5 Å². The molecule has 0 amide bonds. The topological polar surface area (TPSA) is 110 Å². The zero-order valence-corrected chi connectivity index (χ0v) is 7.97. The molecule has 3 atom stereocenters. The molecule has 0 aliphatic carbocycles. The predicted molar refractivity (Wildman–Crippen MR) is 48.9 cm³/mol. The molecule has 0 radical (unpaired) electrons. The summed E-state index contributed by atoms with van der Waals surface area (Å²) in [6.45, 7) is 3.25. The molecule has 6 N–H and O–H groups in total. The smallest absolute Gasteiger partial charge is 0.165 e. The van der Waals surface area contributed by atoms with Crippen LogP contribution < -0.4 is 11.5 Å². The Kier molecular flexibility index (Phi) is 5.09. The Labute approximate surface area is 77.7 Å². The van der Waals surface area contributed by atoms with Gasteiger partial charge in [-0.2, -0.15) is 0 Å². The number of aliphatic hydroxyl groups excluding tert-OH is 2. The van der Waals surface area contributed by atoms with Crippen molar-refractivity contribution in [1.82, 2.24) is 0 Å². The van der Waals surface area contributed by atoms with Gasteiger partial charge in [0.1, 0.15) is 6.10 Å². The molecule has 0 saturated carbocycles. The van der Waals surface area contributed by atoms with Gasteiger partial charge in [-0.05, 0) is 0 Å². The number of rotatable bonds is 5. The van der Waals surface area contributed by atoms with Crippen LogP contribution in [0.1, 0.15) is 13.8 Å². The molecule has 0 spiro atoms. The van der Waals surface area contributed by atoms with Crippen LogP contribution in [-0.4, -0.2) is 40.8 Å². The van der Waals surface area contributed by atoms with Crippen LogP contribution in [0.3, 0.4) is 0 Å². The van der Waals surface area contributed by atoms with E-state index < -0.39 is 18.2 Å². The van der Waals surface area contributed by atoms with Crippen LogP contribution in [0.2, 0.25) is 0 Å². The molecule has 5 nitrogen and oxygen atoms in total. The molecule has 5 heteroatoms. The molecule has 0 bridgehead atoms. The van der Waals surface area contributed by atoms with Crippen LogP contribution >= 0.6 is 0 Å². The average Bonchev–Trinajstić information content (AvgIpc) is 2.12. The van der Waals surface area contributed by atoms with E-state index in [0.717, 1.165) is 0 Å². The maximum atomic E-state index is 11.2. The second kappa shape index (κ2) is 5.29. The second-order valence-electron chi connectivity index (χ2n) is 3.38. The summed E-state index contributed by atoms with van der Waals surface area (Å²) in [5.41, 5.74) is 10.5. The van der Waals surface area contributed by atoms with E-state index in [-0.39, 0.29) is 18.2 Å². The van der Waals surface area contributed by atoms with Gasteiger partial charge in [-0.15, -0.1) is 0 Å². The van der Waals surface area contributed by atoms with Gasteiger partial charge in [0.05, 0.1) is 12.1 Å². The maximum absolute atomic E-state index is 11.2. The van der Waals surface area contributed by atoms with Gasteiger partial charge in [0.25, 0.3) is 0 Å². The fourth-order valence-electron chi connectivity index (χ4n) is 0.899. The summed E-state index contributed by atoms with van der Waals surface area (Å²) in [6.07, 6.45) is -2.38. The highest BCUT2D eigenvalue weighted by atomic mass is 16.3. The van der Waals surface area contributed by atoms with Crippen molar-refractivity contribution >= 4 is 5.78 Å². The number of nitrogens with two attached hydrogens (primary N) is 2. The second-order valence-corrected chi connectivity index (χ2v) is 3.38. The number of ketones is 1. The minimum absolute atomic E-state index is 0.0659. The molecule has 0 aliphatic rings. The lowest BCUT2D eigenvalue weighted by molar-refractivity contribution is -0.132. The summed E-state index contributed by atoms with van der Waals surface area (Å²) in [5, 5.41) is 18.5. The Morgan fingerprint density at radius 1 is 1.38 bits per heavy atom. The van der Waals surface area contributed by atoms with Crippen LogP contribution in [0.25, 0.3) is 0 Å². The minimum atomic E-state index is -1.33. The SMILES string of the molecule is CC(C)C(=O)[C@@H](O)C(N)C(O)CN. The Hall–Kier alpha value is -0.490. The van der Waals surface area contributed by atoms with Gasteiger partial charge in [-0.3, -0.25) is 4.79 Å². The van der Waals surface area contributed by atoms with Gasteiger partial charge in [-0.1, -0.05) is 13.8 Å². The first-order valence-electron chi connectivity index (χ1n) is 4.27. The van der Waals surface area contributed by atoms with Crippen LogP contribution in [0.4, 0.5) is 0 Å². The first-order valence-corrected chi connectivity index (χ1v) is 4.27. The van der Waals surface area contributed by atoms with E-state index in [4.69, 9.17) is 16.6 Å². The third-order valence-electron chi connectivity index (χ3n) is 1.91. The minimum Gasteiger partial charge on any atom is -0.390 e. The fraction of sp³-hybridized carbons (Fsp3) is 0.875. The number of aliphatic hydroxyl groups is 2. The summed E-state index contributed by atoms with van der Waals surface area (Å²) in [7, 11) is 0. The van der Waals surface area contributed by atoms with E-state index in [0.29, 0.717) is 0 Å². The van der Waals surface area contributed by atoms with Gasteiger partial charge >= 0.3 is 0 Å². The van der Waals surface area contributed by atoms with E-state index >= 15 is 0 Å². The Morgan fingerprint density at radius 3 is 2.15 bits per heavy atom. The average molecular weight is 190 g/mol. The Morgan fingerprint density at radius 2 is 1.85 bits per heavy atom. The summed E-state index contributed by atoms with van der Waals surface area (Å²) in [6, 6.07) is -1.00. The first kappa shape index (κ1) is 12.5. The van der Waals surface area contributed by atoms with Gasteiger partial charge < -0.3 is 21.7 Å². The Balaban J connectivity index is 4.24. The van der Waals surface area contributed by atoms with E-state index in [9.17, 15) is 9.90 Å². The molecule has 0 rings (SSSR count). The van der Waals surface area contributed by atoms with Crippen molar-refractivity contribution in [2.24, 2.45) is 17.4 Å². The molecule has 78 valence electrons. The zero-order chi connectivity index (χ0) is 10.6. The third-order valence-corrected chi connectivity index (χ3v) is 1.91. The largest absolute Gasteiger partial charge is 0.390 e. The lowest BCUT2D eigenvalue weighted by Crippen LogP contribution is -2.52. The molecule has 0 aromatic carbocycles. The zero-order valence-electron chi connectivity index (χ0n) is 7.97. The number of carbonyl (C=O) groups excluding carboxylic acids is 1. The van der Waals surface area contributed by atoms with Crippen LogP contribution in [0.5, 0.6) is 0 Å². The summed E-state index contributed by atoms with van der Waals surface area (Å²) < 4.78 is 0. The molecule has 0 heterocycles. The van der Waals surface area contributed by atoms with E-state index in [1.807, 2.05) is 0 Å². The van der Waals surface area contributed by atoms with E-state index in [2.05, 4.69) is 0 Å². The van der Waals surface area contributed by atoms with Gasteiger partial charge in [0.15, 0.2) is 5.78 Å². The molecular weight excluding hydrogens is 172 g/mol. The van der Waals surface area contributed by atoms with E-state index in [1.54, 1.807) is 13.8 Å². The standard InChI is InChI=1S/C8H18N2O3/c1-4(2)7(12)8(13)6(10)5(11)3-9/h4-6,8,11,13H,3,9-10H2,1-2H3/t5?,6?,8-/m0/s1. The maximum Gasteiger partial charge on any atom is 0.165 e. The molecule has 2 unspecified atom stereocenters. The summed E-state index contributed by atoms with van der Waals surface area (Å²) in [4.78, 5) is 11.2. The van der Waals surface area contributed by atoms with Crippen LogP contribution in [-0.2, 0) is 4.79 Å².